The van der Waals surface area contributed by atoms with Crippen molar-refractivity contribution in [1.29, 1.82) is 0 Å². The van der Waals surface area contributed by atoms with Gasteiger partial charge in [0.05, 0.1) is 12.2 Å². The number of aliphatic hydroxyl groups is 1. The second kappa shape index (κ2) is 10.4. The van der Waals surface area contributed by atoms with Crippen LogP contribution in [0.1, 0.15) is 52.3 Å². The number of anilines is 1. The number of nitrogen functional groups attached to an aromatic ring is 1. The van der Waals surface area contributed by atoms with Crippen LogP contribution in [0.5, 0.6) is 0 Å². The van der Waals surface area contributed by atoms with Gasteiger partial charge in [0.2, 0.25) is 0 Å². The average Bonchev–Trinajstić information content (AvgIpc) is 3.00. The molecule has 29 heavy (non-hydrogen) atoms. The molecule has 3 atom stereocenters. The molecular weight excluding hydrogens is 414 g/mol. The van der Waals surface area contributed by atoms with Gasteiger partial charge in [-0.3, -0.25) is 9.36 Å². The van der Waals surface area contributed by atoms with E-state index in [0.717, 1.165) is 5.75 Å². The zero-order chi connectivity index (χ0) is 21.6. The van der Waals surface area contributed by atoms with E-state index in [4.69, 9.17) is 15.2 Å². The third-order valence-corrected chi connectivity index (χ3v) is 7.15. The van der Waals surface area contributed by atoms with E-state index in [1.54, 1.807) is 21.6 Å². The van der Waals surface area contributed by atoms with Crippen molar-refractivity contribution in [3.8, 4) is 11.8 Å². The second-order valence-corrected chi connectivity index (χ2v) is 10.7. The highest BCUT2D eigenvalue weighted by molar-refractivity contribution is 8.77. The van der Waals surface area contributed by atoms with Crippen molar-refractivity contribution >= 4 is 33.4 Å². The number of esters is 1. The summed E-state index contributed by atoms with van der Waals surface area (Å²) in [5.41, 5.74) is 5.69. The summed E-state index contributed by atoms with van der Waals surface area (Å²) in [6, 6.07) is 0. The first-order valence-electron chi connectivity index (χ1n) is 9.22. The summed E-state index contributed by atoms with van der Waals surface area (Å²) in [4.78, 5) is 27.3. The van der Waals surface area contributed by atoms with Crippen molar-refractivity contribution in [1.82, 2.24) is 9.55 Å². The fourth-order valence-corrected chi connectivity index (χ4v) is 4.81. The predicted octanol–water partition coefficient (Wildman–Crippen LogP) is 1.96. The molecule has 1 aromatic rings. The van der Waals surface area contributed by atoms with Crippen molar-refractivity contribution < 1.29 is 19.4 Å². The summed E-state index contributed by atoms with van der Waals surface area (Å²) in [7, 11) is 3.56. The van der Waals surface area contributed by atoms with E-state index in [1.807, 2.05) is 0 Å². The summed E-state index contributed by atoms with van der Waals surface area (Å²) in [5, 5.41) is 9.45. The summed E-state index contributed by atoms with van der Waals surface area (Å²) >= 11 is 0. The van der Waals surface area contributed by atoms with Crippen LogP contribution in [0.2, 0.25) is 0 Å². The Hall–Kier alpha value is -1.67. The molecule has 2 heterocycles. The maximum absolute atomic E-state index is 12.3. The van der Waals surface area contributed by atoms with E-state index in [0.29, 0.717) is 12.0 Å². The highest BCUT2D eigenvalue weighted by Crippen LogP contribution is 2.35. The van der Waals surface area contributed by atoms with E-state index < -0.39 is 30.1 Å². The lowest BCUT2D eigenvalue weighted by Gasteiger charge is -2.15. The fourth-order valence-electron chi connectivity index (χ4n) is 2.63. The minimum Gasteiger partial charge on any atom is -0.460 e. The fraction of sp³-hybridized carbons (Fsp3) is 0.632. The Morgan fingerprint density at radius 1 is 1.52 bits per heavy atom. The van der Waals surface area contributed by atoms with Gasteiger partial charge in [-0.15, -0.1) is 0 Å². The summed E-state index contributed by atoms with van der Waals surface area (Å²) in [6.07, 6.45) is 0.330. The van der Waals surface area contributed by atoms with Gasteiger partial charge in [-0.25, -0.2) is 4.79 Å². The third kappa shape index (κ3) is 7.26. The van der Waals surface area contributed by atoms with Crippen LogP contribution in [0.4, 0.5) is 5.82 Å². The van der Waals surface area contributed by atoms with Crippen LogP contribution in [-0.2, 0) is 14.3 Å². The van der Waals surface area contributed by atoms with Gasteiger partial charge in [-0.05, 0) is 0 Å². The molecule has 0 unspecified atom stereocenters. The molecule has 1 aliphatic heterocycles. The molecule has 1 fully saturated rings. The Morgan fingerprint density at radius 2 is 2.24 bits per heavy atom. The van der Waals surface area contributed by atoms with Crippen LogP contribution in [-0.4, -0.2) is 49.9 Å². The normalized spacial score (nSPS) is 21.5. The molecule has 160 valence electrons. The molecule has 0 radical (unpaired) electrons. The summed E-state index contributed by atoms with van der Waals surface area (Å²) < 4.78 is 12.3. The molecule has 0 amide bonds. The van der Waals surface area contributed by atoms with Gasteiger partial charge in [-0.2, -0.15) is 4.98 Å². The van der Waals surface area contributed by atoms with Gasteiger partial charge in [0, 0.05) is 36.5 Å². The molecule has 0 aliphatic carbocycles. The summed E-state index contributed by atoms with van der Waals surface area (Å²) in [5.74, 6) is 6.46. The molecule has 1 aromatic heterocycles. The van der Waals surface area contributed by atoms with E-state index >= 15 is 0 Å². The van der Waals surface area contributed by atoms with E-state index in [1.165, 1.54) is 17.7 Å². The molecule has 0 saturated carbocycles. The quantitative estimate of drug-likeness (QED) is 0.296. The molecular formula is C19H27N3O5S2. The van der Waals surface area contributed by atoms with Gasteiger partial charge >= 0.3 is 11.7 Å². The molecule has 0 spiro atoms. The first-order chi connectivity index (χ1) is 13.6. The molecule has 1 aliphatic rings. The number of carbonyl (C=O) groups excluding carboxylic acids is 1. The van der Waals surface area contributed by atoms with Gasteiger partial charge in [0.15, 0.2) is 0 Å². The smallest absolute Gasteiger partial charge is 0.351 e. The number of nitrogens with two attached hydrogens (primary N) is 1. The predicted molar refractivity (Wildman–Crippen MR) is 115 cm³/mol. The lowest BCUT2D eigenvalue weighted by molar-refractivity contribution is -0.150. The number of aliphatic hydroxyl groups excluding tert-OH is 1. The third-order valence-electron chi connectivity index (χ3n) is 3.81. The number of rotatable bonds is 6. The number of hydrogen-bond acceptors (Lipinski definition) is 9. The van der Waals surface area contributed by atoms with Crippen LogP contribution >= 0.6 is 21.6 Å². The maximum atomic E-state index is 12.3. The highest BCUT2D eigenvalue weighted by atomic mass is 33.1. The lowest BCUT2D eigenvalue weighted by atomic mass is 10.2. The molecule has 10 heteroatoms. The Bertz CT molecular complexity index is 841. The minimum atomic E-state index is -0.726. The van der Waals surface area contributed by atoms with Crippen LogP contribution in [0.15, 0.2) is 11.0 Å². The van der Waals surface area contributed by atoms with Crippen molar-refractivity contribution in [2.45, 2.75) is 63.7 Å². The Morgan fingerprint density at radius 3 is 2.86 bits per heavy atom. The molecule has 3 N–H and O–H groups in total. The molecule has 0 aromatic carbocycles. The van der Waals surface area contributed by atoms with Crippen LogP contribution < -0.4 is 11.4 Å². The zero-order valence-electron chi connectivity index (χ0n) is 17.0. The monoisotopic (exact) mass is 441 g/mol. The van der Waals surface area contributed by atoms with Crippen molar-refractivity contribution in [3.63, 3.8) is 0 Å². The average molecular weight is 442 g/mol. The van der Waals surface area contributed by atoms with Gasteiger partial charge in [0.25, 0.3) is 0 Å². The number of nitrogens with zero attached hydrogens (tertiary/aromatic N) is 2. The van der Waals surface area contributed by atoms with Crippen LogP contribution in [0.3, 0.4) is 0 Å². The van der Waals surface area contributed by atoms with Crippen molar-refractivity contribution in [2.75, 3.05) is 18.1 Å². The number of ether oxygens (including phenoxy) is 2. The van der Waals surface area contributed by atoms with E-state index in [-0.39, 0.29) is 23.6 Å². The van der Waals surface area contributed by atoms with Gasteiger partial charge in [0.1, 0.15) is 24.3 Å². The highest BCUT2D eigenvalue weighted by Gasteiger charge is 2.38. The SMILES string of the molecule is CC(=O)O[C@H]1C[C@H](n2cc(C#CCCSSC(C)(C)C)c(N)nc2=O)O[C@@H]1CO. The van der Waals surface area contributed by atoms with Crippen molar-refractivity contribution in [2.24, 2.45) is 0 Å². The lowest BCUT2D eigenvalue weighted by Crippen LogP contribution is -2.29. The number of carbonyl (C=O) groups is 1. The standard InChI is InChI=1S/C19H27N3O5S2/c1-12(24)26-14-9-16(27-15(14)11-23)22-10-13(17(20)21-18(22)25)7-5-6-8-28-29-19(2,3)4/h10,14-16,23H,6,8-9,11H2,1-4H3,(H2,20,21,25)/t14-,15+,16+/m0/s1. The first-order valence-corrected chi connectivity index (χ1v) is 11.5. The largest absolute Gasteiger partial charge is 0.460 e. The van der Waals surface area contributed by atoms with Crippen molar-refractivity contribution in [3.05, 3.63) is 22.2 Å². The molecule has 1 saturated heterocycles. The zero-order valence-corrected chi connectivity index (χ0v) is 18.6. The van der Waals surface area contributed by atoms with Crippen LogP contribution in [0, 0.1) is 11.8 Å². The van der Waals surface area contributed by atoms with Gasteiger partial charge < -0.3 is 20.3 Å². The maximum Gasteiger partial charge on any atom is 0.351 e. The minimum absolute atomic E-state index is 0.0590. The molecule has 8 nitrogen and oxygen atoms in total. The van der Waals surface area contributed by atoms with Gasteiger partial charge in [-0.1, -0.05) is 54.2 Å². The molecule has 2 rings (SSSR count). The van der Waals surface area contributed by atoms with Crippen LogP contribution in [0.25, 0.3) is 0 Å². The molecule has 0 bridgehead atoms. The Balaban J connectivity index is 2.09. The number of hydrogen-bond donors (Lipinski definition) is 2. The van der Waals surface area contributed by atoms with E-state index in [2.05, 4.69) is 37.6 Å². The topological polar surface area (TPSA) is 117 Å². The second-order valence-electron chi connectivity index (χ2n) is 7.49. The first kappa shape index (κ1) is 23.6. The summed E-state index contributed by atoms with van der Waals surface area (Å²) in [6.45, 7) is 7.42. The Labute approximate surface area is 178 Å². The Kier molecular flexibility index (Phi) is 8.46. The number of aromatic nitrogens is 2. The van der Waals surface area contributed by atoms with E-state index in [9.17, 15) is 14.7 Å².